The minimum atomic E-state index is -4.94. The maximum absolute atomic E-state index is 8.49. The van der Waals surface area contributed by atoms with Gasteiger partial charge in [0.2, 0.25) is 0 Å². The third kappa shape index (κ3) is 4.52. The predicted octanol–water partition coefficient (Wildman–Crippen LogP) is -1.73. The van der Waals surface area contributed by atoms with E-state index in [4.69, 9.17) is 23.1 Å². The lowest BCUT2D eigenvalue weighted by Crippen LogP contribution is -2.68. The van der Waals surface area contributed by atoms with Gasteiger partial charge in [0.05, 0.1) is 10.9 Å². The number of benzene rings is 1. The van der Waals surface area contributed by atoms with Crippen LogP contribution in [-0.2, 0) is 0 Å². The summed E-state index contributed by atoms with van der Waals surface area (Å²) in [5.74, 6) is 0. The Bertz CT molecular complexity index is 455. The molecule has 2 aromatic rings. The molecule has 6 heteroatoms. The molecule has 5 nitrogen and oxygen atoms in total. The molecule has 16 heavy (non-hydrogen) atoms. The summed E-state index contributed by atoms with van der Waals surface area (Å²) >= 11 is 0. The summed E-state index contributed by atoms with van der Waals surface area (Å²) < 4.78 is 39.3. The highest BCUT2D eigenvalue weighted by Gasteiger charge is 2.05. The average molecular weight is 245 g/mol. The fourth-order valence-corrected chi connectivity index (χ4v) is 1.22. The smallest absolute Gasteiger partial charge is 0.222 e. The van der Waals surface area contributed by atoms with Gasteiger partial charge < -0.3 is 0 Å². The fraction of sp³-hybridized carbons (Fsp3) is 0.100. The van der Waals surface area contributed by atoms with Crippen LogP contribution in [0, 0.1) is 17.2 Å². The van der Waals surface area contributed by atoms with Crippen LogP contribution in [0.4, 0.5) is 0 Å². The third-order valence-electron chi connectivity index (χ3n) is 1.78. The number of hydrogen-bond donors (Lipinski definition) is 0. The molecule has 0 amide bonds. The van der Waals surface area contributed by atoms with Crippen molar-refractivity contribution in [1.82, 2.24) is 0 Å². The van der Waals surface area contributed by atoms with Gasteiger partial charge in [-0.3, -0.25) is 0 Å². The SMILES string of the molecule is Cc1cccc2ccc[o+]c12.[O-][Cl+3]([O-])([O-])[O-]. The lowest BCUT2D eigenvalue weighted by Gasteiger charge is -2.17. The lowest BCUT2D eigenvalue weighted by molar-refractivity contribution is -2.00. The first-order valence-electron chi connectivity index (χ1n) is 4.26. The Hall–Kier alpha value is -1.24. The van der Waals surface area contributed by atoms with Crippen LogP contribution in [0.15, 0.2) is 41.0 Å². The zero-order valence-corrected chi connectivity index (χ0v) is 9.14. The van der Waals surface area contributed by atoms with Gasteiger partial charge in [-0.1, -0.05) is 6.07 Å². The zero-order valence-electron chi connectivity index (χ0n) is 8.38. The normalized spacial score (nSPS) is 10.8. The first-order valence-corrected chi connectivity index (χ1v) is 5.49. The Morgan fingerprint density at radius 2 is 1.56 bits per heavy atom. The second-order valence-corrected chi connectivity index (χ2v) is 3.74. The number of fused-ring (bicyclic) bond motifs is 1. The highest BCUT2D eigenvalue weighted by atomic mass is 35.7. The van der Waals surface area contributed by atoms with E-state index in [0.717, 1.165) is 11.0 Å². The average Bonchev–Trinajstić information content (AvgIpc) is 2.16. The Labute approximate surface area is 93.9 Å². The van der Waals surface area contributed by atoms with Crippen LogP contribution in [0.3, 0.4) is 0 Å². The van der Waals surface area contributed by atoms with Gasteiger partial charge in [-0.25, -0.2) is 23.1 Å². The molecule has 1 aromatic heterocycles. The highest BCUT2D eigenvalue weighted by molar-refractivity contribution is 5.79. The van der Waals surface area contributed by atoms with E-state index >= 15 is 0 Å². The zero-order chi connectivity index (χ0) is 12.2. The van der Waals surface area contributed by atoms with E-state index in [-0.39, 0.29) is 0 Å². The predicted molar refractivity (Wildman–Crippen MR) is 45.4 cm³/mol. The summed E-state index contributed by atoms with van der Waals surface area (Å²) in [6, 6.07) is 10.1. The van der Waals surface area contributed by atoms with Crippen molar-refractivity contribution in [3.8, 4) is 0 Å². The largest absolute Gasteiger partial charge is 0.362 e. The molecule has 0 bridgehead atoms. The second kappa shape index (κ2) is 5.20. The van der Waals surface area contributed by atoms with Crippen molar-refractivity contribution in [1.29, 1.82) is 0 Å². The Morgan fingerprint density at radius 1 is 1.00 bits per heavy atom. The van der Waals surface area contributed by atoms with Gasteiger partial charge in [-0.15, -0.1) is 10.2 Å². The van der Waals surface area contributed by atoms with Crippen LogP contribution < -0.4 is 18.6 Å². The van der Waals surface area contributed by atoms with Crippen molar-refractivity contribution in [2.24, 2.45) is 0 Å². The highest BCUT2D eigenvalue weighted by Crippen LogP contribution is 2.16. The van der Waals surface area contributed by atoms with Crippen LogP contribution in [0.5, 0.6) is 0 Å². The molecule has 0 radical (unpaired) electrons. The van der Waals surface area contributed by atoms with Crippen molar-refractivity contribution in [2.45, 2.75) is 6.92 Å². The van der Waals surface area contributed by atoms with Gasteiger partial charge in [0.15, 0.2) is 0 Å². The molecule has 0 aliphatic heterocycles. The third-order valence-corrected chi connectivity index (χ3v) is 1.78. The van der Waals surface area contributed by atoms with Gasteiger partial charge in [-0.2, -0.15) is 0 Å². The van der Waals surface area contributed by atoms with E-state index < -0.39 is 10.2 Å². The van der Waals surface area contributed by atoms with Gasteiger partial charge >= 0.3 is 11.8 Å². The minimum Gasteiger partial charge on any atom is -0.222 e. The van der Waals surface area contributed by atoms with Crippen molar-refractivity contribution in [3.63, 3.8) is 0 Å². The minimum absolute atomic E-state index is 0.981. The van der Waals surface area contributed by atoms with Crippen molar-refractivity contribution < 1.29 is 33.3 Å². The maximum atomic E-state index is 8.49. The van der Waals surface area contributed by atoms with Crippen LogP contribution >= 0.6 is 0 Å². The molecule has 0 saturated heterocycles. The number of para-hydroxylation sites is 1. The summed E-state index contributed by atoms with van der Waals surface area (Å²) in [5.41, 5.74) is 2.16. The summed E-state index contributed by atoms with van der Waals surface area (Å²) in [6.07, 6.45) is 1.70. The first-order chi connectivity index (χ1) is 7.38. The van der Waals surface area contributed by atoms with Gasteiger partial charge in [0.1, 0.15) is 0 Å². The lowest BCUT2D eigenvalue weighted by atomic mass is 10.1. The molecule has 0 N–H and O–H groups in total. The number of aryl methyl sites for hydroxylation is 1. The topological polar surface area (TPSA) is 104 Å². The summed E-state index contributed by atoms with van der Waals surface area (Å²) in [4.78, 5) is 0. The molecule has 0 aliphatic carbocycles. The monoisotopic (exact) mass is 244 g/mol. The van der Waals surface area contributed by atoms with E-state index in [2.05, 4.69) is 0 Å². The Morgan fingerprint density at radius 3 is 2.12 bits per heavy atom. The van der Waals surface area contributed by atoms with E-state index in [1.807, 2.05) is 37.3 Å². The Kier molecular flexibility index (Phi) is 4.17. The number of hydrogen-bond acceptors (Lipinski definition) is 4. The van der Waals surface area contributed by atoms with Gasteiger partial charge in [-0.05, 0) is 25.1 Å². The fourth-order valence-electron chi connectivity index (χ4n) is 1.22. The molecule has 0 unspecified atom stereocenters. The summed E-state index contributed by atoms with van der Waals surface area (Å²) in [5, 5.41) is 1.16. The van der Waals surface area contributed by atoms with E-state index in [0.29, 0.717) is 0 Å². The van der Waals surface area contributed by atoms with Crippen LogP contribution in [0.2, 0.25) is 0 Å². The number of halogens is 1. The maximum Gasteiger partial charge on any atom is 0.362 e. The molecule has 0 aliphatic rings. The van der Waals surface area contributed by atoms with Crippen molar-refractivity contribution in [3.05, 3.63) is 42.2 Å². The molecule has 0 atom stereocenters. The number of rotatable bonds is 0. The van der Waals surface area contributed by atoms with E-state index in [1.165, 1.54) is 5.56 Å². The molecule has 1 heterocycles. The first kappa shape index (κ1) is 12.8. The summed E-state index contributed by atoms with van der Waals surface area (Å²) in [7, 11) is -4.94. The molecule has 2 rings (SSSR count). The molecule has 1 aromatic carbocycles. The van der Waals surface area contributed by atoms with Gasteiger partial charge in [0.25, 0.3) is 0 Å². The molecular weight excluding hydrogens is 236 g/mol. The van der Waals surface area contributed by atoms with Crippen LogP contribution in [0.25, 0.3) is 11.0 Å². The van der Waals surface area contributed by atoms with Crippen molar-refractivity contribution in [2.75, 3.05) is 0 Å². The second-order valence-electron chi connectivity index (χ2n) is 2.98. The Balaban J connectivity index is 0.000000221. The molecule has 86 valence electrons. The van der Waals surface area contributed by atoms with Gasteiger partial charge in [0, 0.05) is 6.07 Å². The quantitative estimate of drug-likeness (QED) is 0.512. The van der Waals surface area contributed by atoms with E-state index in [1.54, 1.807) is 6.26 Å². The van der Waals surface area contributed by atoms with E-state index in [9.17, 15) is 0 Å². The summed E-state index contributed by atoms with van der Waals surface area (Å²) in [6.45, 7) is 2.05. The van der Waals surface area contributed by atoms with Crippen LogP contribution in [-0.4, -0.2) is 0 Å². The molecule has 0 spiro atoms. The molecule has 0 fully saturated rings. The standard InChI is InChI=1S/C10H9O.ClHO4/c1-8-4-2-5-9-6-3-7-11-10(8)9;2-1(3,4)5/h2-7H,1H3;(H,2,3,4,5)/q+1;/p-1. The molecular formula is C10H9ClO5. The molecule has 0 saturated carbocycles. The van der Waals surface area contributed by atoms with Crippen molar-refractivity contribution >= 4 is 11.0 Å². The van der Waals surface area contributed by atoms with Crippen LogP contribution in [0.1, 0.15) is 5.56 Å².